The van der Waals surface area contributed by atoms with Gasteiger partial charge >= 0.3 is 0 Å². The van der Waals surface area contributed by atoms with Crippen LogP contribution in [0, 0.1) is 18.6 Å². The summed E-state index contributed by atoms with van der Waals surface area (Å²) in [7, 11) is 0. The van der Waals surface area contributed by atoms with Gasteiger partial charge in [-0.05, 0) is 86.1 Å². The average Bonchev–Trinajstić information content (AvgIpc) is 3.14. The highest BCUT2D eigenvalue weighted by atomic mass is 32.1. The highest BCUT2D eigenvalue weighted by Crippen LogP contribution is 2.32. The Morgan fingerprint density at radius 2 is 1.79 bits per heavy atom. The highest BCUT2D eigenvalue weighted by Gasteiger charge is 2.15. The number of anilines is 1. The molecule has 3 aromatic rings. The van der Waals surface area contributed by atoms with Gasteiger partial charge in [0.05, 0.1) is 5.69 Å². The predicted molar refractivity (Wildman–Crippen MR) is 122 cm³/mol. The summed E-state index contributed by atoms with van der Waals surface area (Å²) in [6.07, 6.45) is 6.14. The van der Waals surface area contributed by atoms with Gasteiger partial charge in [-0.3, -0.25) is 0 Å². The molecule has 0 aliphatic heterocycles. The second-order valence-corrected chi connectivity index (χ2v) is 8.05. The standard InChI is InChI=1S/C23H31N5S/c1-4-5-11-19(22-17(2)9-6-10-18(22)3)12-8-15-24-20-13-7-14-21(16-20)28-23(29)25-26-27-28/h6-7,9-10,13-14,16,19,24H,4-5,8,11-12,15H2,1-3H3,(H,25,27,29). The first kappa shape index (κ1) is 21.2. The Hall–Kier alpha value is -2.47. The molecule has 0 saturated carbocycles. The molecule has 3 rings (SSSR count). The van der Waals surface area contributed by atoms with Crippen molar-refractivity contribution in [2.24, 2.45) is 0 Å². The van der Waals surface area contributed by atoms with E-state index in [0.717, 1.165) is 24.3 Å². The molecule has 1 heterocycles. The molecule has 0 radical (unpaired) electrons. The molecule has 2 aromatic carbocycles. The van der Waals surface area contributed by atoms with Gasteiger partial charge in [0.25, 0.3) is 0 Å². The lowest BCUT2D eigenvalue weighted by Gasteiger charge is -2.22. The molecule has 0 aliphatic rings. The van der Waals surface area contributed by atoms with E-state index in [2.05, 4.69) is 71.9 Å². The third kappa shape index (κ3) is 5.54. The van der Waals surface area contributed by atoms with E-state index in [1.54, 1.807) is 10.2 Å². The minimum absolute atomic E-state index is 0.425. The first-order valence-electron chi connectivity index (χ1n) is 10.5. The molecule has 1 atom stereocenters. The van der Waals surface area contributed by atoms with Crippen molar-refractivity contribution in [3.8, 4) is 5.69 Å². The lowest BCUT2D eigenvalue weighted by Crippen LogP contribution is -2.08. The topological polar surface area (TPSA) is 58.5 Å². The Bertz CT molecular complexity index is 955. The molecule has 1 unspecified atom stereocenters. The zero-order valence-corrected chi connectivity index (χ0v) is 18.4. The largest absolute Gasteiger partial charge is 0.385 e. The molecule has 0 aliphatic carbocycles. The van der Waals surface area contributed by atoms with Gasteiger partial charge < -0.3 is 5.32 Å². The number of aryl methyl sites for hydroxylation is 2. The summed E-state index contributed by atoms with van der Waals surface area (Å²) in [5.74, 6) is 0.638. The summed E-state index contributed by atoms with van der Waals surface area (Å²) in [4.78, 5) is 0. The van der Waals surface area contributed by atoms with Crippen molar-refractivity contribution < 1.29 is 0 Å². The van der Waals surface area contributed by atoms with Gasteiger partial charge in [-0.15, -0.1) is 0 Å². The number of aromatic nitrogens is 4. The number of tetrazole rings is 1. The van der Waals surface area contributed by atoms with E-state index in [0.29, 0.717) is 10.7 Å². The summed E-state index contributed by atoms with van der Waals surface area (Å²) in [6, 6.07) is 14.8. The number of nitrogens with one attached hydrogen (secondary N) is 2. The molecule has 0 spiro atoms. The second kappa shape index (κ2) is 10.3. The van der Waals surface area contributed by atoms with Gasteiger partial charge in [0.1, 0.15) is 0 Å². The number of H-pyrrole nitrogens is 1. The van der Waals surface area contributed by atoms with Gasteiger partial charge in [-0.2, -0.15) is 5.21 Å². The van der Waals surface area contributed by atoms with Gasteiger partial charge in [0.2, 0.25) is 4.77 Å². The van der Waals surface area contributed by atoms with Gasteiger partial charge in [0, 0.05) is 12.2 Å². The number of hydrogen-bond donors (Lipinski definition) is 2. The summed E-state index contributed by atoms with van der Waals surface area (Å²) >= 11 is 5.19. The Morgan fingerprint density at radius 3 is 2.48 bits per heavy atom. The van der Waals surface area contributed by atoms with E-state index < -0.39 is 0 Å². The molecule has 5 nitrogen and oxygen atoms in total. The zero-order chi connectivity index (χ0) is 20.6. The first-order chi connectivity index (χ1) is 14.1. The Balaban J connectivity index is 1.60. The molecule has 0 fully saturated rings. The van der Waals surface area contributed by atoms with Crippen LogP contribution in [0.15, 0.2) is 42.5 Å². The lowest BCUT2D eigenvalue weighted by atomic mass is 9.84. The quantitative estimate of drug-likeness (QED) is 0.313. The molecule has 1 aromatic heterocycles. The molecule has 6 heteroatoms. The maximum atomic E-state index is 5.19. The normalized spacial score (nSPS) is 12.1. The fourth-order valence-corrected chi connectivity index (χ4v) is 4.24. The van der Waals surface area contributed by atoms with Crippen molar-refractivity contribution in [3.63, 3.8) is 0 Å². The van der Waals surface area contributed by atoms with Crippen molar-refractivity contribution in [2.75, 3.05) is 11.9 Å². The smallest absolute Gasteiger partial charge is 0.242 e. The molecular formula is C23H31N5S. The molecule has 29 heavy (non-hydrogen) atoms. The zero-order valence-electron chi connectivity index (χ0n) is 17.6. The summed E-state index contributed by atoms with van der Waals surface area (Å²) in [5.41, 5.74) is 6.43. The van der Waals surface area contributed by atoms with Crippen LogP contribution in [0.2, 0.25) is 0 Å². The number of aromatic amines is 1. The summed E-state index contributed by atoms with van der Waals surface area (Å²) < 4.78 is 2.12. The highest BCUT2D eigenvalue weighted by molar-refractivity contribution is 7.71. The number of unbranched alkanes of at least 4 members (excludes halogenated alkanes) is 1. The van der Waals surface area contributed by atoms with Crippen molar-refractivity contribution in [1.29, 1.82) is 0 Å². The Kier molecular flexibility index (Phi) is 7.58. The first-order valence-corrected chi connectivity index (χ1v) is 10.9. The second-order valence-electron chi connectivity index (χ2n) is 7.68. The molecule has 0 saturated heterocycles. The summed E-state index contributed by atoms with van der Waals surface area (Å²) in [5, 5.41) is 13.9. The minimum Gasteiger partial charge on any atom is -0.385 e. The van der Waals surface area contributed by atoms with Crippen molar-refractivity contribution in [2.45, 2.75) is 58.8 Å². The SMILES string of the molecule is CCCCC(CCCNc1cccc(-n2[nH]nnc2=S)c1)c1c(C)cccc1C. The number of nitrogens with zero attached hydrogens (tertiary/aromatic N) is 3. The van der Waals surface area contributed by atoms with Crippen LogP contribution < -0.4 is 5.32 Å². The number of benzene rings is 2. The molecule has 2 N–H and O–H groups in total. The number of rotatable bonds is 10. The van der Waals surface area contributed by atoms with E-state index in [9.17, 15) is 0 Å². The van der Waals surface area contributed by atoms with Crippen molar-refractivity contribution >= 4 is 17.9 Å². The van der Waals surface area contributed by atoms with E-state index in [-0.39, 0.29) is 0 Å². The van der Waals surface area contributed by atoms with E-state index in [1.807, 2.05) is 12.1 Å². The third-order valence-corrected chi connectivity index (χ3v) is 5.76. The van der Waals surface area contributed by atoms with Gasteiger partial charge in [-0.1, -0.05) is 54.3 Å². The number of hydrogen-bond acceptors (Lipinski definition) is 4. The summed E-state index contributed by atoms with van der Waals surface area (Å²) in [6.45, 7) is 7.72. The van der Waals surface area contributed by atoms with Crippen molar-refractivity contribution in [3.05, 3.63) is 63.9 Å². The fourth-order valence-electron chi connectivity index (χ4n) is 4.06. The van der Waals surface area contributed by atoms with E-state index in [4.69, 9.17) is 12.2 Å². The maximum Gasteiger partial charge on any atom is 0.242 e. The van der Waals surface area contributed by atoms with E-state index in [1.165, 1.54) is 36.8 Å². The van der Waals surface area contributed by atoms with Crippen LogP contribution in [0.5, 0.6) is 0 Å². The van der Waals surface area contributed by atoms with Crippen LogP contribution >= 0.6 is 12.2 Å². The van der Waals surface area contributed by atoms with Crippen molar-refractivity contribution in [1.82, 2.24) is 20.2 Å². The van der Waals surface area contributed by atoms with E-state index >= 15 is 0 Å². The minimum atomic E-state index is 0.425. The Labute approximate surface area is 178 Å². The van der Waals surface area contributed by atoms with Gasteiger partial charge in [-0.25, -0.2) is 4.68 Å². The van der Waals surface area contributed by atoms with Crippen LogP contribution in [-0.2, 0) is 0 Å². The lowest BCUT2D eigenvalue weighted by molar-refractivity contribution is 0.532. The molecule has 154 valence electrons. The van der Waals surface area contributed by atoms with Gasteiger partial charge in [0.15, 0.2) is 0 Å². The average molecular weight is 410 g/mol. The maximum absolute atomic E-state index is 5.19. The monoisotopic (exact) mass is 409 g/mol. The van der Waals surface area contributed by atoms with Crippen LogP contribution in [0.4, 0.5) is 5.69 Å². The molecular weight excluding hydrogens is 378 g/mol. The van der Waals surface area contributed by atoms with Crippen LogP contribution in [0.25, 0.3) is 5.69 Å². The predicted octanol–water partition coefficient (Wildman–Crippen LogP) is 6.11. The van der Waals surface area contributed by atoms with Crippen LogP contribution in [0.1, 0.15) is 61.6 Å². The van der Waals surface area contributed by atoms with Crippen LogP contribution in [-0.4, -0.2) is 26.8 Å². The fraction of sp³-hybridized carbons (Fsp3) is 0.435. The van der Waals surface area contributed by atoms with Crippen LogP contribution in [0.3, 0.4) is 0 Å². The molecule has 0 bridgehead atoms. The molecule has 0 amide bonds. The third-order valence-electron chi connectivity index (χ3n) is 5.49. The Morgan fingerprint density at radius 1 is 1.07 bits per heavy atom.